The van der Waals surface area contributed by atoms with Crippen molar-refractivity contribution in [2.24, 2.45) is 0 Å². The SMILES string of the molecule is CC.CC.Cc1ccccc1NC(=O)Nc1ccc(C)c(Nc2nc(-c3cccnc3)cs2)c1. The Kier molecular flexibility index (Phi) is 10.7. The standard InChI is InChI=1S/C23H21N5OS.2C2H6/c1-15-6-3-4-8-19(15)26-22(29)25-18-10-9-16(2)20(12-18)27-23-28-21(14-30-23)17-7-5-11-24-13-17;2*1-2/h3-14H,1-2H3,(H,27,28)(H2,25,26,29);2*1-2H3. The summed E-state index contributed by atoms with van der Waals surface area (Å²) < 4.78 is 0. The van der Waals surface area contributed by atoms with Crippen LogP contribution in [0.3, 0.4) is 0 Å². The quantitative estimate of drug-likeness (QED) is 0.271. The molecule has 0 aliphatic heterocycles. The van der Waals surface area contributed by atoms with Crippen LogP contribution in [0, 0.1) is 13.8 Å². The highest BCUT2D eigenvalue weighted by molar-refractivity contribution is 7.14. The van der Waals surface area contributed by atoms with E-state index >= 15 is 0 Å². The fraction of sp³-hybridized carbons (Fsp3) is 0.222. The van der Waals surface area contributed by atoms with E-state index in [2.05, 4.69) is 25.9 Å². The van der Waals surface area contributed by atoms with Crippen molar-refractivity contribution in [3.8, 4) is 11.3 Å². The van der Waals surface area contributed by atoms with Gasteiger partial charge in [-0.15, -0.1) is 11.3 Å². The Labute approximate surface area is 206 Å². The summed E-state index contributed by atoms with van der Waals surface area (Å²) in [7, 11) is 0. The maximum absolute atomic E-state index is 12.4. The topological polar surface area (TPSA) is 78.9 Å². The zero-order valence-electron chi connectivity index (χ0n) is 20.6. The van der Waals surface area contributed by atoms with E-state index in [4.69, 9.17) is 0 Å². The number of carbonyl (C=O) groups is 1. The van der Waals surface area contributed by atoms with E-state index in [1.54, 1.807) is 12.4 Å². The Morgan fingerprint density at radius 2 is 1.59 bits per heavy atom. The monoisotopic (exact) mass is 475 g/mol. The van der Waals surface area contributed by atoms with E-state index in [1.807, 2.05) is 102 Å². The smallest absolute Gasteiger partial charge is 0.323 e. The van der Waals surface area contributed by atoms with Crippen LogP contribution >= 0.6 is 11.3 Å². The number of urea groups is 1. The molecule has 2 heterocycles. The summed E-state index contributed by atoms with van der Waals surface area (Å²) in [5, 5.41) is 11.9. The van der Waals surface area contributed by atoms with Gasteiger partial charge in [0.2, 0.25) is 0 Å². The van der Waals surface area contributed by atoms with Crippen molar-refractivity contribution >= 4 is 39.6 Å². The van der Waals surface area contributed by atoms with E-state index in [-0.39, 0.29) is 6.03 Å². The van der Waals surface area contributed by atoms with Gasteiger partial charge in [0, 0.05) is 40.4 Å². The molecule has 0 aliphatic carbocycles. The van der Waals surface area contributed by atoms with Gasteiger partial charge in [0.1, 0.15) is 0 Å². The van der Waals surface area contributed by atoms with Crippen LogP contribution in [0.15, 0.2) is 72.4 Å². The van der Waals surface area contributed by atoms with Crippen molar-refractivity contribution in [1.82, 2.24) is 9.97 Å². The summed E-state index contributed by atoms with van der Waals surface area (Å²) in [5.74, 6) is 0. The summed E-state index contributed by atoms with van der Waals surface area (Å²) in [6, 6.07) is 17.0. The predicted molar refractivity (Wildman–Crippen MR) is 146 cm³/mol. The highest BCUT2D eigenvalue weighted by Gasteiger charge is 2.09. The van der Waals surface area contributed by atoms with Crippen LogP contribution in [-0.2, 0) is 0 Å². The van der Waals surface area contributed by atoms with Gasteiger partial charge >= 0.3 is 6.03 Å². The molecule has 4 rings (SSSR count). The number of benzene rings is 2. The van der Waals surface area contributed by atoms with Crippen LogP contribution in [-0.4, -0.2) is 16.0 Å². The minimum absolute atomic E-state index is 0.285. The average molecular weight is 476 g/mol. The van der Waals surface area contributed by atoms with Crippen LogP contribution in [0.5, 0.6) is 0 Å². The first kappa shape index (κ1) is 26.5. The predicted octanol–water partition coefficient (Wildman–Crippen LogP) is 8.26. The molecule has 7 heteroatoms. The van der Waals surface area contributed by atoms with Crippen molar-refractivity contribution in [2.45, 2.75) is 41.5 Å². The van der Waals surface area contributed by atoms with Gasteiger partial charge in [-0.05, 0) is 55.3 Å². The first-order valence-electron chi connectivity index (χ1n) is 11.5. The summed E-state index contributed by atoms with van der Waals surface area (Å²) in [6.07, 6.45) is 3.54. The molecule has 0 radical (unpaired) electrons. The molecule has 0 bridgehead atoms. The summed E-state index contributed by atoms with van der Waals surface area (Å²) in [5.41, 5.74) is 6.27. The van der Waals surface area contributed by atoms with E-state index in [9.17, 15) is 4.79 Å². The van der Waals surface area contributed by atoms with Crippen molar-refractivity contribution in [1.29, 1.82) is 0 Å². The van der Waals surface area contributed by atoms with E-state index in [0.717, 1.165) is 38.9 Å². The Balaban J connectivity index is 0.000000970. The number of anilines is 4. The molecule has 34 heavy (non-hydrogen) atoms. The van der Waals surface area contributed by atoms with E-state index in [0.29, 0.717) is 5.69 Å². The van der Waals surface area contributed by atoms with Crippen LogP contribution in [0.25, 0.3) is 11.3 Å². The Bertz CT molecular complexity index is 1170. The molecule has 4 aromatic rings. The number of hydrogen-bond acceptors (Lipinski definition) is 5. The molecular weight excluding hydrogens is 442 g/mol. The van der Waals surface area contributed by atoms with Gasteiger partial charge in [-0.1, -0.05) is 52.0 Å². The van der Waals surface area contributed by atoms with Gasteiger partial charge in [0.15, 0.2) is 5.13 Å². The summed E-state index contributed by atoms with van der Waals surface area (Å²) in [6.45, 7) is 12.0. The van der Waals surface area contributed by atoms with Crippen molar-refractivity contribution in [3.63, 3.8) is 0 Å². The minimum Gasteiger partial charge on any atom is -0.331 e. The number of nitrogens with zero attached hydrogens (tertiary/aromatic N) is 2. The summed E-state index contributed by atoms with van der Waals surface area (Å²) in [4.78, 5) is 21.2. The minimum atomic E-state index is -0.285. The lowest BCUT2D eigenvalue weighted by molar-refractivity contribution is 0.262. The Hall–Kier alpha value is -3.71. The van der Waals surface area contributed by atoms with Gasteiger partial charge in [-0.2, -0.15) is 0 Å². The number of hydrogen-bond donors (Lipinski definition) is 3. The lowest BCUT2D eigenvalue weighted by atomic mass is 10.2. The first-order chi connectivity index (χ1) is 16.6. The van der Waals surface area contributed by atoms with Crippen LogP contribution in [0.4, 0.5) is 27.0 Å². The number of pyridine rings is 1. The number of thiazole rings is 1. The molecule has 0 spiro atoms. The third-order valence-electron chi connectivity index (χ3n) is 4.59. The molecule has 0 aliphatic rings. The van der Waals surface area contributed by atoms with Crippen LogP contribution in [0.1, 0.15) is 38.8 Å². The van der Waals surface area contributed by atoms with Gasteiger partial charge in [0.05, 0.1) is 5.69 Å². The second kappa shape index (κ2) is 13.7. The number of rotatable bonds is 5. The molecule has 178 valence electrons. The normalized spacial score (nSPS) is 9.59. The van der Waals surface area contributed by atoms with Crippen molar-refractivity contribution in [3.05, 3.63) is 83.5 Å². The van der Waals surface area contributed by atoms with Crippen molar-refractivity contribution in [2.75, 3.05) is 16.0 Å². The van der Waals surface area contributed by atoms with E-state index in [1.165, 1.54) is 11.3 Å². The zero-order chi connectivity index (χ0) is 24.9. The third kappa shape index (κ3) is 7.42. The molecule has 2 aromatic heterocycles. The number of amides is 2. The maximum atomic E-state index is 12.4. The number of nitrogens with one attached hydrogen (secondary N) is 3. The van der Waals surface area contributed by atoms with E-state index < -0.39 is 0 Å². The van der Waals surface area contributed by atoms with Crippen LogP contribution < -0.4 is 16.0 Å². The Morgan fingerprint density at radius 1 is 0.853 bits per heavy atom. The Morgan fingerprint density at radius 3 is 2.29 bits per heavy atom. The van der Waals surface area contributed by atoms with Gasteiger partial charge in [0.25, 0.3) is 0 Å². The zero-order valence-corrected chi connectivity index (χ0v) is 21.5. The highest BCUT2D eigenvalue weighted by Crippen LogP contribution is 2.29. The van der Waals surface area contributed by atoms with Gasteiger partial charge in [-0.3, -0.25) is 4.98 Å². The van der Waals surface area contributed by atoms with Crippen LogP contribution in [0.2, 0.25) is 0 Å². The van der Waals surface area contributed by atoms with Gasteiger partial charge < -0.3 is 16.0 Å². The molecule has 3 N–H and O–H groups in total. The number of carbonyl (C=O) groups excluding carboxylic acids is 1. The number of aromatic nitrogens is 2. The first-order valence-corrected chi connectivity index (χ1v) is 12.3. The molecular formula is C27H33N5OS. The number of para-hydroxylation sites is 1. The molecule has 0 saturated heterocycles. The average Bonchev–Trinajstić information content (AvgIpc) is 3.34. The third-order valence-corrected chi connectivity index (χ3v) is 5.35. The molecule has 0 saturated carbocycles. The second-order valence-electron chi connectivity index (χ2n) is 6.83. The van der Waals surface area contributed by atoms with Crippen molar-refractivity contribution < 1.29 is 4.79 Å². The fourth-order valence-corrected chi connectivity index (χ4v) is 3.66. The highest BCUT2D eigenvalue weighted by atomic mass is 32.1. The summed E-state index contributed by atoms with van der Waals surface area (Å²) >= 11 is 1.52. The maximum Gasteiger partial charge on any atom is 0.323 e. The molecule has 2 aromatic carbocycles. The van der Waals surface area contributed by atoms with Gasteiger partial charge in [-0.25, -0.2) is 9.78 Å². The lowest BCUT2D eigenvalue weighted by Gasteiger charge is -2.12. The fourth-order valence-electron chi connectivity index (χ4n) is 2.93. The largest absolute Gasteiger partial charge is 0.331 e. The number of aryl methyl sites for hydroxylation is 2. The molecule has 2 amide bonds. The molecule has 0 unspecified atom stereocenters. The molecule has 0 atom stereocenters. The molecule has 6 nitrogen and oxygen atoms in total. The second-order valence-corrected chi connectivity index (χ2v) is 7.69. The lowest BCUT2D eigenvalue weighted by Crippen LogP contribution is -2.20. The molecule has 0 fully saturated rings.